The van der Waals surface area contributed by atoms with Gasteiger partial charge in [0.2, 0.25) is 0 Å². The number of piperidine rings is 1. The molecule has 1 aromatic carbocycles. The van der Waals surface area contributed by atoms with Crippen LogP contribution in [-0.2, 0) is 9.84 Å². The van der Waals surface area contributed by atoms with Crippen molar-refractivity contribution in [3.8, 4) is 0 Å². The van der Waals surface area contributed by atoms with E-state index < -0.39 is 15.7 Å². The molecule has 3 rings (SSSR count). The number of rotatable bonds is 3. The van der Waals surface area contributed by atoms with Crippen molar-refractivity contribution in [2.24, 2.45) is 0 Å². The lowest BCUT2D eigenvalue weighted by Crippen LogP contribution is -2.48. The first kappa shape index (κ1) is 17.6. The Labute approximate surface area is 146 Å². The number of carbonyl (C=O) groups excluding carboxylic acids is 1. The summed E-state index contributed by atoms with van der Waals surface area (Å²) < 4.78 is 36.4. The van der Waals surface area contributed by atoms with Gasteiger partial charge in [0.15, 0.2) is 9.84 Å². The van der Waals surface area contributed by atoms with Gasteiger partial charge in [0.1, 0.15) is 5.82 Å². The summed E-state index contributed by atoms with van der Waals surface area (Å²) in [4.78, 5) is 14.5. The summed E-state index contributed by atoms with van der Waals surface area (Å²) in [5.41, 5.74) is 0.140. The second kappa shape index (κ2) is 6.98. The summed E-state index contributed by atoms with van der Waals surface area (Å²) in [6.45, 7) is 1.50. The molecule has 132 valence electrons. The van der Waals surface area contributed by atoms with E-state index in [1.54, 1.807) is 0 Å². The highest BCUT2D eigenvalue weighted by Gasteiger charge is 2.34. The standard InChI is InChI=1S/C16H20ClFN2O3S/c17-15-2-1-11(18)9-14(15)16(21)19-12-3-6-20(7-4-12)13-5-8-24(22,23)10-13/h1-2,9,12-13H,3-8,10H2,(H,19,21)/t13-/m0/s1. The lowest BCUT2D eigenvalue weighted by atomic mass is 10.0. The Morgan fingerprint density at radius 2 is 1.96 bits per heavy atom. The van der Waals surface area contributed by atoms with Crippen LogP contribution in [0.5, 0.6) is 0 Å². The molecule has 5 nitrogen and oxygen atoms in total. The first-order chi connectivity index (χ1) is 11.3. The van der Waals surface area contributed by atoms with Crippen molar-refractivity contribution in [3.05, 3.63) is 34.6 Å². The number of amides is 1. The van der Waals surface area contributed by atoms with Crippen molar-refractivity contribution in [2.75, 3.05) is 24.6 Å². The molecule has 2 heterocycles. The number of sulfone groups is 1. The largest absolute Gasteiger partial charge is 0.349 e. The summed E-state index contributed by atoms with van der Waals surface area (Å²) in [6.07, 6.45) is 2.18. The van der Waals surface area contributed by atoms with E-state index in [0.29, 0.717) is 6.42 Å². The topological polar surface area (TPSA) is 66.5 Å². The molecule has 0 spiro atoms. The molecule has 1 aromatic rings. The predicted molar refractivity (Wildman–Crippen MR) is 90.5 cm³/mol. The number of carbonyl (C=O) groups is 1. The van der Waals surface area contributed by atoms with Gasteiger partial charge in [-0.1, -0.05) is 11.6 Å². The SMILES string of the molecule is O=C(NC1CCN([C@H]2CCS(=O)(=O)C2)CC1)c1cc(F)ccc1Cl. The molecular formula is C16H20ClFN2O3S. The average molecular weight is 375 g/mol. The summed E-state index contributed by atoms with van der Waals surface area (Å²) in [7, 11) is -2.88. The molecule has 8 heteroatoms. The Morgan fingerprint density at radius 1 is 1.25 bits per heavy atom. The molecular weight excluding hydrogens is 355 g/mol. The van der Waals surface area contributed by atoms with E-state index in [9.17, 15) is 17.6 Å². The second-order valence-electron chi connectivity index (χ2n) is 6.46. The number of nitrogens with one attached hydrogen (secondary N) is 1. The minimum absolute atomic E-state index is 0.00825. The van der Waals surface area contributed by atoms with Gasteiger partial charge < -0.3 is 5.32 Å². The van der Waals surface area contributed by atoms with Crippen molar-refractivity contribution < 1.29 is 17.6 Å². The molecule has 2 aliphatic rings. The Morgan fingerprint density at radius 3 is 2.58 bits per heavy atom. The van der Waals surface area contributed by atoms with Gasteiger partial charge in [-0.2, -0.15) is 0 Å². The van der Waals surface area contributed by atoms with Crippen LogP contribution in [0.15, 0.2) is 18.2 Å². The summed E-state index contributed by atoms with van der Waals surface area (Å²) in [5, 5.41) is 3.12. The van der Waals surface area contributed by atoms with Crippen LogP contribution in [0, 0.1) is 5.82 Å². The number of benzene rings is 1. The molecule has 1 atom stereocenters. The molecule has 1 amide bonds. The van der Waals surface area contributed by atoms with Crippen LogP contribution in [0.2, 0.25) is 5.02 Å². The zero-order valence-corrected chi connectivity index (χ0v) is 14.7. The number of likely N-dealkylation sites (tertiary alicyclic amines) is 1. The van der Waals surface area contributed by atoms with Gasteiger partial charge in [-0.25, -0.2) is 12.8 Å². The van der Waals surface area contributed by atoms with Gasteiger partial charge in [-0.15, -0.1) is 0 Å². The summed E-state index contributed by atoms with van der Waals surface area (Å²) in [5.74, 6) is -0.363. The third kappa shape index (κ3) is 4.07. The number of hydrogen-bond donors (Lipinski definition) is 1. The van der Waals surface area contributed by atoms with Gasteiger partial charge in [0, 0.05) is 25.2 Å². The number of hydrogen-bond acceptors (Lipinski definition) is 4. The number of halogens is 2. The highest BCUT2D eigenvalue weighted by atomic mass is 35.5. The fraction of sp³-hybridized carbons (Fsp3) is 0.562. The van der Waals surface area contributed by atoms with Gasteiger partial charge in [-0.05, 0) is 37.5 Å². The minimum atomic E-state index is -2.88. The van der Waals surface area contributed by atoms with Crippen molar-refractivity contribution in [1.82, 2.24) is 10.2 Å². The maximum absolute atomic E-state index is 13.3. The molecule has 0 aliphatic carbocycles. The van der Waals surface area contributed by atoms with Crippen molar-refractivity contribution >= 4 is 27.3 Å². The lowest BCUT2D eigenvalue weighted by molar-refractivity contribution is 0.0897. The van der Waals surface area contributed by atoms with Crippen LogP contribution in [-0.4, -0.2) is 55.9 Å². The summed E-state index contributed by atoms with van der Waals surface area (Å²) >= 11 is 5.95. The van der Waals surface area contributed by atoms with Crippen molar-refractivity contribution in [3.63, 3.8) is 0 Å². The predicted octanol–water partition coefficient (Wildman–Crippen LogP) is 1.86. The molecule has 2 fully saturated rings. The van der Waals surface area contributed by atoms with Gasteiger partial charge in [-0.3, -0.25) is 9.69 Å². The quantitative estimate of drug-likeness (QED) is 0.877. The van der Waals surface area contributed by atoms with Crippen LogP contribution >= 0.6 is 11.6 Å². The van der Waals surface area contributed by atoms with Crippen LogP contribution in [0.3, 0.4) is 0 Å². The highest BCUT2D eigenvalue weighted by molar-refractivity contribution is 7.91. The first-order valence-electron chi connectivity index (χ1n) is 8.04. The van der Waals surface area contributed by atoms with Gasteiger partial charge in [0.25, 0.3) is 5.91 Å². The monoisotopic (exact) mass is 374 g/mol. The first-order valence-corrected chi connectivity index (χ1v) is 10.2. The van der Waals surface area contributed by atoms with Crippen molar-refractivity contribution in [1.29, 1.82) is 0 Å². The Hall–Kier alpha value is -1.18. The van der Waals surface area contributed by atoms with Crippen LogP contribution < -0.4 is 5.32 Å². The Balaban J connectivity index is 1.54. The molecule has 0 aromatic heterocycles. The second-order valence-corrected chi connectivity index (χ2v) is 9.10. The zero-order valence-electron chi connectivity index (χ0n) is 13.2. The Kier molecular flexibility index (Phi) is 5.13. The molecule has 24 heavy (non-hydrogen) atoms. The van der Waals surface area contributed by atoms with E-state index in [4.69, 9.17) is 11.6 Å². The fourth-order valence-corrected chi connectivity index (χ4v) is 5.37. The van der Waals surface area contributed by atoms with E-state index in [-0.39, 0.29) is 40.1 Å². The normalized spacial score (nSPS) is 24.8. The average Bonchev–Trinajstić information content (AvgIpc) is 2.90. The molecule has 2 aliphatic heterocycles. The van der Waals surface area contributed by atoms with Crippen LogP contribution in [0.1, 0.15) is 29.6 Å². The van der Waals surface area contributed by atoms with Crippen molar-refractivity contribution in [2.45, 2.75) is 31.3 Å². The smallest absolute Gasteiger partial charge is 0.253 e. The number of nitrogens with zero attached hydrogens (tertiary/aromatic N) is 1. The molecule has 2 saturated heterocycles. The lowest BCUT2D eigenvalue weighted by Gasteiger charge is -2.35. The highest BCUT2D eigenvalue weighted by Crippen LogP contribution is 2.23. The van der Waals surface area contributed by atoms with E-state index >= 15 is 0 Å². The van der Waals surface area contributed by atoms with E-state index in [1.165, 1.54) is 12.1 Å². The minimum Gasteiger partial charge on any atom is -0.349 e. The molecule has 0 saturated carbocycles. The van der Waals surface area contributed by atoms with Gasteiger partial charge >= 0.3 is 0 Å². The maximum Gasteiger partial charge on any atom is 0.253 e. The van der Waals surface area contributed by atoms with Crippen LogP contribution in [0.4, 0.5) is 4.39 Å². The fourth-order valence-electron chi connectivity index (χ4n) is 3.41. The molecule has 1 N–H and O–H groups in total. The molecule has 0 bridgehead atoms. The summed E-state index contributed by atoms with van der Waals surface area (Å²) in [6, 6.07) is 3.81. The van der Waals surface area contributed by atoms with Gasteiger partial charge in [0.05, 0.1) is 22.1 Å². The third-order valence-corrected chi connectivity index (χ3v) is 6.84. The Bertz CT molecular complexity index is 733. The van der Waals surface area contributed by atoms with E-state index in [2.05, 4.69) is 10.2 Å². The van der Waals surface area contributed by atoms with E-state index in [1.807, 2.05) is 0 Å². The zero-order chi connectivity index (χ0) is 17.3. The van der Waals surface area contributed by atoms with Crippen LogP contribution in [0.25, 0.3) is 0 Å². The maximum atomic E-state index is 13.3. The molecule has 0 radical (unpaired) electrons. The van der Waals surface area contributed by atoms with E-state index in [0.717, 1.165) is 32.0 Å². The molecule has 0 unspecified atom stereocenters. The third-order valence-electron chi connectivity index (χ3n) is 4.76.